The molecule has 3 heteroatoms. The average molecular weight is 243 g/mol. The number of imidazole rings is 1. The van der Waals surface area contributed by atoms with Gasteiger partial charge >= 0.3 is 0 Å². The van der Waals surface area contributed by atoms with Gasteiger partial charge in [0.2, 0.25) is 0 Å². The second-order valence-corrected chi connectivity index (χ2v) is 5.54. The van der Waals surface area contributed by atoms with Crippen molar-refractivity contribution in [3.63, 3.8) is 0 Å². The van der Waals surface area contributed by atoms with Crippen LogP contribution >= 0.6 is 0 Å². The van der Waals surface area contributed by atoms with Crippen LogP contribution in [0.4, 0.5) is 0 Å². The molecule has 0 unspecified atom stereocenters. The quantitative estimate of drug-likeness (QED) is 0.808. The van der Waals surface area contributed by atoms with E-state index in [1.807, 2.05) is 6.07 Å². The molecular formula is C15H21N3. The molecule has 0 saturated carbocycles. The molecule has 1 aliphatic heterocycles. The molecule has 0 N–H and O–H groups in total. The van der Waals surface area contributed by atoms with Crippen molar-refractivity contribution in [2.45, 2.75) is 38.6 Å². The van der Waals surface area contributed by atoms with Crippen molar-refractivity contribution in [2.24, 2.45) is 0 Å². The molecular weight excluding hydrogens is 222 g/mol. The third-order valence-corrected chi connectivity index (χ3v) is 4.06. The lowest BCUT2D eigenvalue weighted by Crippen LogP contribution is -2.37. The summed E-state index contributed by atoms with van der Waals surface area (Å²) in [6, 6.07) is 6.85. The van der Waals surface area contributed by atoms with Crippen LogP contribution in [0.5, 0.6) is 0 Å². The number of piperidine rings is 1. The largest absolute Gasteiger partial charge is 0.307 e. The standard InChI is InChI=1S/C15H21N3/c1-12(2)17-9-6-13(7-10-17)14-11-18-8-4-3-5-15(18)16-14/h3-5,8,11-13H,6-7,9-10H2,1-2H3. The molecule has 3 heterocycles. The minimum Gasteiger partial charge on any atom is -0.307 e. The summed E-state index contributed by atoms with van der Waals surface area (Å²) >= 11 is 0. The minimum atomic E-state index is 0.639. The first-order chi connectivity index (χ1) is 8.74. The van der Waals surface area contributed by atoms with Crippen LogP contribution in [-0.4, -0.2) is 33.4 Å². The van der Waals surface area contributed by atoms with Crippen LogP contribution in [0.1, 0.15) is 38.3 Å². The van der Waals surface area contributed by atoms with Crippen LogP contribution in [-0.2, 0) is 0 Å². The number of rotatable bonds is 2. The molecule has 2 aromatic heterocycles. The highest BCUT2D eigenvalue weighted by Crippen LogP contribution is 2.28. The molecule has 0 bridgehead atoms. The lowest BCUT2D eigenvalue weighted by atomic mass is 9.93. The number of nitrogens with zero attached hydrogens (tertiary/aromatic N) is 3. The van der Waals surface area contributed by atoms with E-state index in [2.05, 4.69) is 47.7 Å². The SMILES string of the molecule is CC(C)N1CCC(c2cn3ccccc3n2)CC1. The van der Waals surface area contributed by atoms with Gasteiger partial charge in [-0.2, -0.15) is 0 Å². The molecule has 0 spiro atoms. The zero-order chi connectivity index (χ0) is 12.5. The normalized spacial score (nSPS) is 18.8. The Labute approximate surface area is 108 Å². The van der Waals surface area contributed by atoms with E-state index >= 15 is 0 Å². The fourth-order valence-electron chi connectivity index (χ4n) is 2.86. The molecule has 2 aromatic rings. The third-order valence-electron chi connectivity index (χ3n) is 4.06. The van der Waals surface area contributed by atoms with E-state index in [0.717, 1.165) is 5.65 Å². The lowest BCUT2D eigenvalue weighted by Gasteiger charge is -2.33. The van der Waals surface area contributed by atoms with Crippen molar-refractivity contribution in [3.8, 4) is 0 Å². The zero-order valence-electron chi connectivity index (χ0n) is 11.2. The Morgan fingerprint density at radius 3 is 2.67 bits per heavy atom. The van der Waals surface area contributed by atoms with E-state index in [9.17, 15) is 0 Å². The van der Waals surface area contributed by atoms with Gasteiger partial charge in [-0.25, -0.2) is 4.98 Å². The van der Waals surface area contributed by atoms with Crippen molar-refractivity contribution in [1.29, 1.82) is 0 Å². The fraction of sp³-hybridized carbons (Fsp3) is 0.533. The van der Waals surface area contributed by atoms with Gasteiger partial charge in [-0.05, 0) is 51.9 Å². The van der Waals surface area contributed by atoms with Gasteiger partial charge in [0.1, 0.15) is 5.65 Å². The summed E-state index contributed by atoms with van der Waals surface area (Å²) in [5.74, 6) is 0.639. The molecule has 0 radical (unpaired) electrons. The monoisotopic (exact) mass is 243 g/mol. The second kappa shape index (κ2) is 4.73. The van der Waals surface area contributed by atoms with Crippen LogP contribution in [0.15, 0.2) is 30.6 Å². The molecule has 3 nitrogen and oxygen atoms in total. The van der Waals surface area contributed by atoms with E-state index in [0.29, 0.717) is 12.0 Å². The predicted molar refractivity (Wildman–Crippen MR) is 73.9 cm³/mol. The van der Waals surface area contributed by atoms with Crippen LogP contribution in [0, 0.1) is 0 Å². The van der Waals surface area contributed by atoms with Crippen LogP contribution in [0.25, 0.3) is 5.65 Å². The first-order valence-corrected chi connectivity index (χ1v) is 6.92. The Hall–Kier alpha value is -1.35. The maximum absolute atomic E-state index is 4.75. The Morgan fingerprint density at radius 2 is 2.00 bits per heavy atom. The zero-order valence-corrected chi connectivity index (χ0v) is 11.2. The van der Waals surface area contributed by atoms with Crippen molar-refractivity contribution >= 4 is 5.65 Å². The molecule has 0 atom stereocenters. The summed E-state index contributed by atoms with van der Waals surface area (Å²) in [6.07, 6.45) is 6.75. The topological polar surface area (TPSA) is 20.5 Å². The second-order valence-electron chi connectivity index (χ2n) is 5.54. The molecule has 1 fully saturated rings. The van der Waals surface area contributed by atoms with E-state index < -0.39 is 0 Å². The number of pyridine rings is 1. The number of hydrogen-bond donors (Lipinski definition) is 0. The minimum absolute atomic E-state index is 0.639. The molecule has 1 saturated heterocycles. The number of likely N-dealkylation sites (tertiary alicyclic amines) is 1. The average Bonchev–Trinajstić information content (AvgIpc) is 2.82. The highest BCUT2D eigenvalue weighted by atomic mass is 15.1. The summed E-state index contributed by atoms with van der Waals surface area (Å²) in [4.78, 5) is 7.31. The van der Waals surface area contributed by atoms with Gasteiger partial charge in [-0.15, -0.1) is 0 Å². The van der Waals surface area contributed by atoms with Gasteiger partial charge in [0.25, 0.3) is 0 Å². The maximum atomic E-state index is 4.75. The summed E-state index contributed by atoms with van der Waals surface area (Å²) in [5, 5.41) is 0. The van der Waals surface area contributed by atoms with Gasteiger partial charge in [-0.3, -0.25) is 0 Å². The van der Waals surface area contributed by atoms with Crippen molar-refractivity contribution in [2.75, 3.05) is 13.1 Å². The molecule has 0 aliphatic carbocycles. The molecule has 0 amide bonds. The smallest absolute Gasteiger partial charge is 0.136 e. The van der Waals surface area contributed by atoms with E-state index in [4.69, 9.17) is 4.98 Å². The Balaban J connectivity index is 1.76. The molecule has 18 heavy (non-hydrogen) atoms. The Morgan fingerprint density at radius 1 is 1.22 bits per heavy atom. The molecule has 3 rings (SSSR count). The molecule has 0 aromatic carbocycles. The summed E-state index contributed by atoms with van der Waals surface area (Å²) in [7, 11) is 0. The van der Waals surface area contributed by atoms with Crippen molar-refractivity contribution in [3.05, 3.63) is 36.3 Å². The molecule has 1 aliphatic rings. The van der Waals surface area contributed by atoms with Gasteiger partial charge < -0.3 is 9.30 Å². The summed E-state index contributed by atoms with van der Waals surface area (Å²) in [5.41, 5.74) is 2.34. The van der Waals surface area contributed by atoms with Crippen LogP contribution < -0.4 is 0 Å². The highest BCUT2D eigenvalue weighted by Gasteiger charge is 2.23. The predicted octanol–water partition coefficient (Wildman–Crippen LogP) is 2.92. The van der Waals surface area contributed by atoms with Crippen LogP contribution in [0.3, 0.4) is 0 Å². The van der Waals surface area contributed by atoms with Crippen molar-refractivity contribution < 1.29 is 0 Å². The number of hydrogen-bond acceptors (Lipinski definition) is 2. The van der Waals surface area contributed by atoms with E-state index in [1.54, 1.807) is 0 Å². The Bertz CT molecular complexity index is 488. The van der Waals surface area contributed by atoms with Gasteiger partial charge in [0.15, 0.2) is 0 Å². The van der Waals surface area contributed by atoms with Gasteiger partial charge in [-0.1, -0.05) is 6.07 Å². The summed E-state index contributed by atoms with van der Waals surface area (Å²) < 4.78 is 2.13. The third kappa shape index (κ3) is 2.15. The van der Waals surface area contributed by atoms with E-state index in [-0.39, 0.29) is 0 Å². The summed E-state index contributed by atoms with van der Waals surface area (Å²) in [6.45, 7) is 6.98. The van der Waals surface area contributed by atoms with Crippen molar-refractivity contribution in [1.82, 2.24) is 14.3 Å². The number of fused-ring (bicyclic) bond motifs is 1. The lowest BCUT2D eigenvalue weighted by molar-refractivity contribution is 0.171. The van der Waals surface area contributed by atoms with Gasteiger partial charge in [0.05, 0.1) is 5.69 Å². The number of aromatic nitrogens is 2. The Kier molecular flexibility index (Phi) is 3.08. The first kappa shape index (κ1) is 11.7. The first-order valence-electron chi connectivity index (χ1n) is 6.92. The maximum Gasteiger partial charge on any atom is 0.136 e. The fourth-order valence-corrected chi connectivity index (χ4v) is 2.86. The van der Waals surface area contributed by atoms with Gasteiger partial charge in [0, 0.05) is 24.4 Å². The highest BCUT2D eigenvalue weighted by molar-refractivity contribution is 5.40. The van der Waals surface area contributed by atoms with Crippen LogP contribution in [0.2, 0.25) is 0 Å². The molecule has 96 valence electrons. The van der Waals surface area contributed by atoms with E-state index in [1.165, 1.54) is 31.6 Å².